The molecule has 1 aromatic heterocycles. The summed E-state index contributed by atoms with van der Waals surface area (Å²) in [5.74, 6) is -0.889. The summed E-state index contributed by atoms with van der Waals surface area (Å²) in [4.78, 5) is 28.4. The van der Waals surface area contributed by atoms with Gasteiger partial charge in [0.05, 0.1) is 0 Å². The van der Waals surface area contributed by atoms with Crippen LogP contribution in [0.1, 0.15) is 10.4 Å². The second-order valence-corrected chi connectivity index (χ2v) is 5.16. The van der Waals surface area contributed by atoms with Crippen LogP contribution in [-0.2, 0) is 7.05 Å². The zero-order valence-corrected chi connectivity index (χ0v) is 13.2. The van der Waals surface area contributed by atoms with Crippen molar-refractivity contribution in [3.63, 3.8) is 0 Å². The minimum absolute atomic E-state index is 0.0945. The van der Waals surface area contributed by atoms with E-state index in [0.717, 1.165) is 4.68 Å². The van der Waals surface area contributed by atoms with Crippen LogP contribution >= 0.6 is 0 Å². The van der Waals surface area contributed by atoms with Gasteiger partial charge < -0.3 is 10.6 Å². The summed E-state index contributed by atoms with van der Waals surface area (Å²) in [6, 6.07) is 14.0. The maximum atomic E-state index is 13.0. The normalized spacial score (nSPS) is 10.3. The lowest BCUT2D eigenvalue weighted by atomic mass is 10.2. The van der Waals surface area contributed by atoms with Crippen molar-refractivity contribution in [3.05, 3.63) is 76.3 Å². The van der Waals surface area contributed by atoms with Crippen LogP contribution < -0.4 is 16.2 Å². The number of hydrogen-bond acceptors (Lipinski definition) is 5. The highest BCUT2D eigenvalue weighted by Crippen LogP contribution is 2.13. The first-order chi connectivity index (χ1) is 12.0. The molecule has 0 unspecified atom stereocenters. The molecule has 0 aliphatic heterocycles. The van der Waals surface area contributed by atoms with Crippen molar-refractivity contribution < 1.29 is 9.18 Å². The average molecular weight is 339 g/mol. The van der Waals surface area contributed by atoms with E-state index in [2.05, 4.69) is 20.7 Å². The molecule has 0 spiro atoms. The summed E-state index contributed by atoms with van der Waals surface area (Å²) >= 11 is 0. The first-order valence-electron chi connectivity index (χ1n) is 7.37. The molecule has 3 aromatic rings. The molecule has 0 fully saturated rings. The van der Waals surface area contributed by atoms with E-state index in [1.54, 1.807) is 30.3 Å². The van der Waals surface area contributed by atoms with Gasteiger partial charge in [-0.15, -0.1) is 5.10 Å². The lowest BCUT2D eigenvalue weighted by molar-refractivity contribution is 0.102. The average Bonchev–Trinajstić information content (AvgIpc) is 2.62. The van der Waals surface area contributed by atoms with Crippen LogP contribution in [0.5, 0.6) is 0 Å². The molecule has 0 aliphatic carbocycles. The number of nitrogens with zero attached hydrogens (tertiary/aromatic N) is 3. The molecule has 2 N–H and O–H groups in total. The fraction of sp³-hybridized carbons (Fsp3) is 0.0588. The number of benzene rings is 2. The zero-order valence-electron chi connectivity index (χ0n) is 13.2. The summed E-state index contributed by atoms with van der Waals surface area (Å²) < 4.78 is 14.0. The zero-order chi connectivity index (χ0) is 17.8. The van der Waals surface area contributed by atoms with Gasteiger partial charge in [-0.05, 0) is 36.4 Å². The molecule has 0 radical (unpaired) electrons. The molecule has 0 bridgehead atoms. The minimum Gasteiger partial charge on any atom is -0.323 e. The highest BCUT2D eigenvalue weighted by atomic mass is 19.1. The molecular weight excluding hydrogens is 325 g/mol. The number of carbonyl (C=O) groups excluding carboxylic acids is 1. The van der Waals surface area contributed by atoms with Crippen molar-refractivity contribution in [2.24, 2.45) is 7.05 Å². The van der Waals surface area contributed by atoms with Crippen LogP contribution in [0, 0.1) is 5.82 Å². The molecule has 7 nitrogen and oxygen atoms in total. The summed E-state index contributed by atoms with van der Waals surface area (Å²) in [5.41, 5.74) is 0.394. The number of hydrogen-bond donors (Lipinski definition) is 2. The molecular formula is C17H14FN5O2. The van der Waals surface area contributed by atoms with Gasteiger partial charge in [0.2, 0.25) is 11.8 Å². The highest BCUT2D eigenvalue weighted by molar-refractivity contribution is 6.03. The van der Waals surface area contributed by atoms with Crippen LogP contribution in [-0.4, -0.2) is 20.7 Å². The number of nitrogens with one attached hydrogen (secondary N) is 2. The first kappa shape index (κ1) is 16.3. The Balaban J connectivity index is 1.86. The Labute approximate surface area is 142 Å². The topological polar surface area (TPSA) is 88.9 Å². The van der Waals surface area contributed by atoms with Gasteiger partial charge in [0, 0.05) is 18.3 Å². The van der Waals surface area contributed by atoms with Crippen molar-refractivity contribution >= 4 is 23.4 Å². The smallest absolute Gasteiger partial charge is 0.309 e. The Bertz CT molecular complexity index is 955. The number of aromatic nitrogens is 3. The van der Waals surface area contributed by atoms with Crippen LogP contribution in [0.15, 0.2) is 59.4 Å². The molecule has 8 heteroatoms. The largest absolute Gasteiger partial charge is 0.323 e. The van der Waals surface area contributed by atoms with E-state index < -0.39 is 11.5 Å². The van der Waals surface area contributed by atoms with Crippen LogP contribution in [0.25, 0.3) is 0 Å². The monoisotopic (exact) mass is 339 g/mol. The highest BCUT2D eigenvalue weighted by Gasteiger charge is 2.13. The van der Waals surface area contributed by atoms with Crippen LogP contribution in [0.4, 0.5) is 21.8 Å². The van der Waals surface area contributed by atoms with Gasteiger partial charge in [-0.3, -0.25) is 9.59 Å². The van der Waals surface area contributed by atoms with Crippen molar-refractivity contribution in [3.8, 4) is 0 Å². The number of rotatable bonds is 4. The number of halogens is 1. The molecule has 126 valence electrons. The van der Waals surface area contributed by atoms with E-state index in [1.165, 1.54) is 31.3 Å². The van der Waals surface area contributed by atoms with Gasteiger partial charge in [0.1, 0.15) is 5.82 Å². The second kappa shape index (κ2) is 6.91. The molecule has 0 atom stereocenters. The standard InChI is InChI=1S/C17H14FN5O2/c1-23-16(25)14(20-15(24)11-5-3-2-4-6-11)21-17(22-23)19-13-9-7-12(18)8-10-13/h2-10H,1H3,(H2,19,20,21,22,24). The molecule has 2 aromatic carbocycles. The SMILES string of the molecule is Cn1nc(Nc2ccc(F)cc2)nc(NC(=O)c2ccccc2)c1=O. The molecule has 3 rings (SSSR count). The maximum Gasteiger partial charge on any atom is 0.309 e. The van der Waals surface area contributed by atoms with Crippen molar-refractivity contribution in [2.45, 2.75) is 0 Å². The fourth-order valence-corrected chi connectivity index (χ4v) is 2.08. The van der Waals surface area contributed by atoms with Gasteiger partial charge in [0.15, 0.2) is 0 Å². The van der Waals surface area contributed by atoms with E-state index >= 15 is 0 Å². The van der Waals surface area contributed by atoms with Crippen LogP contribution in [0.3, 0.4) is 0 Å². The molecule has 0 saturated heterocycles. The molecule has 25 heavy (non-hydrogen) atoms. The van der Waals surface area contributed by atoms with Gasteiger partial charge in [-0.25, -0.2) is 9.07 Å². The predicted octanol–water partition coefficient (Wildman–Crippen LogP) is 2.31. The van der Waals surface area contributed by atoms with E-state index in [4.69, 9.17) is 0 Å². The Morgan fingerprint density at radius 1 is 1.08 bits per heavy atom. The summed E-state index contributed by atoms with van der Waals surface area (Å²) in [5, 5.41) is 9.30. The third-order valence-corrected chi connectivity index (χ3v) is 3.33. The molecule has 1 heterocycles. The van der Waals surface area contributed by atoms with Crippen molar-refractivity contribution in [2.75, 3.05) is 10.6 Å². The minimum atomic E-state index is -0.547. The summed E-state index contributed by atoms with van der Waals surface area (Å²) in [7, 11) is 1.44. The fourth-order valence-electron chi connectivity index (χ4n) is 2.08. The Kier molecular flexibility index (Phi) is 4.51. The Morgan fingerprint density at radius 3 is 2.44 bits per heavy atom. The number of anilines is 3. The number of aryl methyl sites for hydroxylation is 1. The Morgan fingerprint density at radius 2 is 1.76 bits per heavy atom. The summed E-state index contributed by atoms with van der Waals surface area (Å²) in [6.45, 7) is 0. The van der Waals surface area contributed by atoms with E-state index in [9.17, 15) is 14.0 Å². The van der Waals surface area contributed by atoms with Crippen LogP contribution in [0.2, 0.25) is 0 Å². The second-order valence-electron chi connectivity index (χ2n) is 5.16. The van der Waals surface area contributed by atoms with Crippen molar-refractivity contribution in [1.82, 2.24) is 14.8 Å². The number of carbonyl (C=O) groups is 1. The van der Waals surface area contributed by atoms with E-state index in [1.807, 2.05) is 0 Å². The maximum absolute atomic E-state index is 13.0. The third-order valence-electron chi connectivity index (χ3n) is 3.33. The van der Waals surface area contributed by atoms with Gasteiger partial charge >= 0.3 is 5.56 Å². The number of amides is 1. The third kappa shape index (κ3) is 3.86. The first-order valence-corrected chi connectivity index (χ1v) is 7.37. The van der Waals surface area contributed by atoms with Gasteiger partial charge in [-0.1, -0.05) is 18.2 Å². The van der Waals surface area contributed by atoms with E-state index in [-0.39, 0.29) is 17.6 Å². The molecule has 0 aliphatic rings. The van der Waals surface area contributed by atoms with Crippen molar-refractivity contribution in [1.29, 1.82) is 0 Å². The summed E-state index contributed by atoms with van der Waals surface area (Å²) in [6.07, 6.45) is 0. The molecule has 1 amide bonds. The predicted molar refractivity (Wildman–Crippen MR) is 91.4 cm³/mol. The lowest BCUT2D eigenvalue weighted by Gasteiger charge is -2.09. The molecule has 0 saturated carbocycles. The quantitative estimate of drug-likeness (QED) is 0.761. The van der Waals surface area contributed by atoms with Gasteiger partial charge in [0.25, 0.3) is 5.91 Å². The lowest BCUT2D eigenvalue weighted by Crippen LogP contribution is -2.28. The Hall–Kier alpha value is -3.55. The van der Waals surface area contributed by atoms with Gasteiger partial charge in [-0.2, -0.15) is 4.98 Å². The van der Waals surface area contributed by atoms with E-state index in [0.29, 0.717) is 11.3 Å².